The second-order valence-corrected chi connectivity index (χ2v) is 6.79. The third-order valence-electron chi connectivity index (χ3n) is 4.18. The predicted molar refractivity (Wildman–Crippen MR) is 76.6 cm³/mol. The number of urea groups is 1. The van der Waals surface area contributed by atoms with Crippen LogP contribution >= 0.6 is 0 Å². The van der Waals surface area contributed by atoms with E-state index in [9.17, 15) is 4.79 Å². The monoisotopic (exact) mass is 254 g/mol. The Balaban J connectivity index is 2.54. The SMILES string of the molecule is CCC(C)NC(=O)NC1CCCCC1C(C)(C)C. The average Bonchev–Trinajstić information content (AvgIpc) is 2.27. The lowest BCUT2D eigenvalue weighted by Gasteiger charge is -2.40. The Morgan fingerprint density at radius 3 is 2.44 bits per heavy atom. The third kappa shape index (κ3) is 4.51. The van der Waals surface area contributed by atoms with E-state index in [1.165, 1.54) is 19.3 Å². The molecule has 3 atom stereocenters. The maximum Gasteiger partial charge on any atom is 0.315 e. The van der Waals surface area contributed by atoms with Crippen molar-refractivity contribution < 1.29 is 4.79 Å². The molecule has 3 unspecified atom stereocenters. The molecule has 0 heterocycles. The highest BCUT2D eigenvalue weighted by atomic mass is 16.2. The van der Waals surface area contributed by atoms with Crippen molar-refractivity contribution in [2.45, 2.75) is 78.8 Å². The van der Waals surface area contributed by atoms with Gasteiger partial charge in [0.2, 0.25) is 0 Å². The largest absolute Gasteiger partial charge is 0.336 e. The molecule has 1 saturated carbocycles. The molecule has 1 aliphatic rings. The van der Waals surface area contributed by atoms with Gasteiger partial charge in [-0.15, -0.1) is 0 Å². The minimum Gasteiger partial charge on any atom is -0.336 e. The molecule has 18 heavy (non-hydrogen) atoms. The van der Waals surface area contributed by atoms with Crippen molar-refractivity contribution in [3.63, 3.8) is 0 Å². The molecule has 0 spiro atoms. The molecule has 1 fully saturated rings. The molecular weight excluding hydrogens is 224 g/mol. The Morgan fingerprint density at radius 2 is 1.89 bits per heavy atom. The molecule has 1 rings (SSSR count). The molecule has 0 aromatic carbocycles. The van der Waals surface area contributed by atoms with E-state index in [-0.39, 0.29) is 17.5 Å². The van der Waals surface area contributed by atoms with Crippen molar-refractivity contribution in [3.05, 3.63) is 0 Å². The minimum atomic E-state index is 0.00509. The Kier molecular flexibility index (Phi) is 5.48. The van der Waals surface area contributed by atoms with Crippen LogP contribution in [0.2, 0.25) is 0 Å². The van der Waals surface area contributed by atoms with Crippen LogP contribution in [0.1, 0.15) is 66.7 Å². The van der Waals surface area contributed by atoms with Crippen molar-refractivity contribution in [1.82, 2.24) is 10.6 Å². The normalized spacial score (nSPS) is 26.5. The highest BCUT2D eigenvalue weighted by molar-refractivity contribution is 5.74. The number of carbonyl (C=O) groups excluding carboxylic acids is 1. The Labute approximate surface area is 112 Å². The summed E-state index contributed by atoms with van der Waals surface area (Å²) in [6.45, 7) is 11.0. The van der Waals surface area contributed by atoms with Crippen LogP contribution in [0.3, 0.4) is 0 Å². The number of nitrogens with one attached hydrogen (secondary N) is 2. The topological polar surface area (TPSA) is 41.1 Å². The van der Waals surface area contributed by atoms with Crippen LogP contribution in [0.4, 0.5) is 4.79 Å². The summed E-state index contributed by atoms with van der Waals surface area (Å²) in [5.41, 5.74) is 0.273. The summed E-state index contributed by atoms with van der Waals surface area (Å²) < 4.78 is 0. The van der Waals surface area contributed by atoms with Crippen molar-refractivity contribution >= 4 is 6.03 Å². The quantitative estimate of drug-likeness (QED) is 0.792. The molecule has 2 amide bonds. The highest BCUT2D eigenvalue weighted by Gasteiger charge is 2.34. The molecule has 2 N–H and O–H groups in total. The molecule has 106 valence electrons. The number of amides is 2. The fourth-order valence-corrected chi connectivity index (χ4v) is 2.88. The van der Waals surface area contributed by atoms with Crippen molar-refractivity contribution in [2.24, 2.45) is 11.3 Å². The van der Waals surface area contributed by atoms with Gasteiger partial charge in [-0.2, -0.15) is 0 Å². The lowest BCUT2D eigenvalue weighted by Crippen LogP contribution is -2.51. The zero-order valence-electron chi connectivity index (χ0n) is 12.7. The van der Waals surface area contributed by atoms with Gasteiger partial charge in [-0.1, -0.05) is 40.5 Å². The number of carbonyl (C=O) groups is 1. The lowest BCUT2D eigenvalue weighted by molar-refractivity contribution is 0.133. The molecule has 0 saturated heterocycles. The van der Waals surface area contributed by atoms with Crippen LogP contribution in [0.25, 0.3) is 0 Å². The number of rotatable bonds is 3. The van der Waals surface area contributed by atoms with Gasteiger partial charge < -0.3 is 10.6 Å². The minimum absolute atomic E-state index is 0.00509. The van der Waals surface area contributed by atoms with Gasteiger partial charge in [-0.25, -0.2) is 4.79 Å². The maximum atomic E-state index is 11.9. The smallest absolute Gasteiger partial charge is 0.315 e. The molecule has 1 aliphatic carbocycles. The molecule has 0 aromatic rings. The predicted octanol–water partition coefficient (Wildman–Crippen LogP) is 3.69. The van der Waals surface area contributed by atoms with Gasteiger partial charge in [-0.05, 0) is 37.5 Å². The van der Waals surface area contributed by atoms with Gasteiger partial charge in [0.05, 0.1) is 0 Å². The van der Waals surface area contributed by atoms with E-state index < -0.39 is 0 Å². The van der Waals surface area contributed by atoms with E-state index >= 15 is 0 Å². The van der Waals surface area contributed by atoms with Crippen LogP contribution in [-0.2, 0) is 0 Å². The van der Waals surface area contributed by atoms with E-state index in [1.807, 2.05) is 6.92 Å². The van der Waals surface area contributed by atoms with Crippen molar-refractivity contribution in [3.8, 4) is 0 Å². The summed E-state index contributed by atoms with van der Waals surface area (Å²) >= 11 is 0. The van der Waals surface area contributed by atoms with Gasteiger partial charge in [0.15, 0.2) is 0 Å². The van der Waals surface area contributed by atoms with Gasteiger partial charge in [-0.3, -0.25) is 0 Å². The average molecular weight is 254 g/mol. The van der Waals surface area contributed by atoms with E-state index in [4.69, 9.17) is 0 Å². The summed E-state index contributed by atoms with van der Waals surface area (Å²) in [6.07, 6.45) is 5.86. The molecule has 3 heteroatoms. The van der Waals surface area contributed by atoms with Gasteiger partial charge in [0, 0.05) is 12.1 Å². The molecular formula is C15H30N2O. The molecule has 3 nitrogen and oxygen atoms in total. The molecule has 0 aliphatic heterocycles. The fraction of sp³-hybridized carbons (Fsp3) is 0.933. The standard InChI is InChI=1S/C15H30N2O/c1-6-11(2)16-14(18)17-13-10-8-7-9-12(13)15(3,4)5/h11-13H,6-10H2,1-5H3,(H2,16,17,18). The van der Waals surface area contributed by atoms with E-state index in [0.717, 1.165) is 12.8 Å². The fourth-order valence-electron chi connectivity index (χ4n) is 2.88. The lowest BCUT2D eigenvalue weighted by atomic mass is 9.69. The second-order valence-electron chi connectivity index (χ2n) is 6.79. The number of hydrogen-bond donors (Lipinski definition) is 2. The first-order chi connectivity index (χ1) is 8.34. The number of hydrogen-bond acceptors (Lipinski definition) is 1. The summed E-state index contributed by atoms with van der Waals surface area (Å²) in [5, 5.41) is 6.19. The Hall–Kier alpha value is -0.730. The highest BCUT2D eigenvalue weighted by Crippen LogP contribution is 2.37. The van der Waals surface area contributed by atoms with Crippen LogP contribution < -0.4 is 10.6 Å². The van der Waals surface area contributed by atoms with Crippen molar-refractivity contribution in [1.29, 1.82) is 0 Å². The Morgan fingerprint density at radius 1 is 1.28 bits per heavy atom. The molecule has 0 bridgehead atoms. The van der Waals surface area contributed by atoms with E-state index in [2.05, 4.69) is 38.3 Å². The maximum absolute atomic E-state index is 11.9. The zero-order valence-corrected chi connectivity index (χ0v) is 12.7. The summed E-state index contributed by atoms with van der Waals surface area (Å²) in [5.74, 6) is 0.592. The van der Waals surface area contributed by atoms with Gasteiger partial charge in [0.25, 0.3) is 0 Å². The van der Waals surface area contributed by atoms with Gasteiger partial charge >= 0.3 is 6.03 Å². The van der Waals surface area contributed by atoms with Gasteiger partial charge in [0.1, 0.15) is 0 Å². The summed E-state index contributed by atoms with van der Waals surface area (Å²) in [6, 6.07) is 0.593. The first-order valence-corrected chi connectivity index (χ1v) is 7.41. The summed E-state index contributed by atoms with van der Waals surface area (Å²) in [4.78, 5) is 11.9. The van der Waals surface area contributed by atoms with Crippen LogP contribution in [0.5, 0.6) is 0 Å². The van der Waals surface area contributed by atoms with Crippen LogP contribution in [0, 0.1) is 11.3 Å². The zero-order chi connectivity index (χ0) is 13.8. The summed E-state index contributed by atoms with van der Waals surface area (Å²) in [7, 11) is 0. The van der Waals surface area contributed by atoms with Crippen molar-refractivity contribution in [2.75, 3.05) is 0 Å². The van der Waals surface area contributed by atoms with E-state index in [1.54, 1.807) is 0 Å². The van der Waals surface area contributed by atoms with Crippen LogP contribution in [0.15, 0.2) is 0 Å². The van der Waals surface area contributed by atoms with E-state index in [0.29, 0.717) is 12.0 Å². The first kappa shape index (κ1) is 15.3. The molecule has 0 aromatic heterocycles. The third-order valence-corrected chi connectivity index (χ3v) is 4.18. The molecule has 0 radical (unpaired) electrons. The first-order valence-electron chi connectivity index (χ1n) is 7.41. The van der Waals surface area contributed by atoms with Crippen LogP contribution in [-0.4, -0.2) is 18.1 Å². The Bertz CT molecular complexity index is 270. The second kappa shape index (κ2) is 6.44.